The summed E-state index contributed by atoms with van der Waals surface area (Å²) in [6.07, 6.45) is 8.50. The van der Waals surface area contributed by atoms with Gasteiger partial charge < -0.3 is 10.0 Å². The lowest BCUT2D eigenvalue weighted by atomic mass is 9.82. The van der Waals surface area contributed by atoms with Gasteiger partial charge in [-0.1, -0.05) is 24.6 Å². The lowest BCUT2D eigenvalue weighted by Gasteiger charge is -2.43. The normalized spacial score (nSPS) is 22.4. The van der Waals surface area contributed by atoms with Gasteiger partial charge in [0, 0.05) is 57.3 Å². The van der Waals surface area contributed by atoms with Crippen molar-refractivity contribution in [2.75, 3.05) is 44.2 Å². The molecule has 1 N–H and O–H groups in total. The Balaban J connectivity index is 1.20. The Bertz CT molecular complexity index is 1280. The zero-order valence-corrected chi connectivity index (χ0v) is 21.4. The maximum atomic E-state index is 12.2. The number of fused-ring (bicyclic) bond motifs is 1. The largest absolute Gasteiger partial charge is 0.477 e. The average Bonchev–Trinajstić information content (AvgIpc) is 3.70. The zero-order valence-electron chi connectivity index (χ0n) is 21.4. The molecule has 4 heterocycles. The zero-order chi connectivity index (χ0) is 24.9. The lowest BCUT2D eigenvalue weighted by Crippen LogP contribution is -2.53. The van der Waals surface area contributed by atoms with Gasteiger partial charge in [-0.05, 0) is 56.7 Å². The summed E-state index contributed by atoms with van der Waals surface area (Å²) in [7, 11) is 0. The van der Waals surface area contributed by atoms with Gasteiger partial charge in [0.1, 0.15) is 0 Å². The summed E-state index contributed by atoms with van der Waals surface area (Å²) >= 11 is 0. The maximum absolute atomic E-state index is 12.2. The summed E-state index contributed by atoms with van der Waals surface area (Å²) in [6.45, 7) is 6.65. The van der Waals surface area contributed by atoms with E-state index in [0.29, 0.717) is 17.6 Å². The predicted molar refractivity (Wildman–Crippen MR) is 144 cm³/mol. The number of carbonyl (C=O) groups is 1. The first kappa shape index (κ1) is 23.2. The van der Waals surface area contributed by atoms with Gasteiger partial charge in [-0.25, -0.2) is 14.5 Å². The smallest absolute Gasteiger partial charge is 0.354 e. The van der Waals surface area contributed by atoms with Crippen LogP contribution in [-0.4, -0.2) is 87.0 Å². The van der Waals surface area contributed by atoms with Crippen molar-refractivity contribution in [3.05, 3.63) is 47.8 Å². The molecule has 0 atom stereocenters. The number of hydrogen-bond acceptors (Lipinski definition) is 6. The lowest BCUT2D eigenvalue weighted by molar-refractivity contribution is 0.0690. The Labute approximate surface area is 217 Å². The SMILES string of the molecule is O=C(O)c1cc(N2CCC(N3CCN(C4CC4)CC3)CC2)c2c(C3CCC3)nn(-c3ccccc3)c2n1. The number of aromatic carboxylic acids is 1. The van der Waals surface area contributed by atoms with Crippen LogP contribution in [0, 0.1) is 0 Å². The number of nitrogens with zero attached hydrogens (tertiary/aromatic N) is 6. The number of hydrogen-bond donors (Lipinski definition) is 1. The van der Waals surface area contributed by atoms with Gasteiger partial charge in [-0.3, -0.25) is 9.80 Å². The van der Waals surface area contributed by atoms with Crippen LogP contribution in [0.2, 0.25) is 0 Å². The van der Waals surface area contributed by atoms with Crippen molar-refractivity contribution in [3.63, 3.8) is 0 Å². The molecule has 2 aromatic heterocycles. The summed E-state index contributed by atoms with van der Waals surface area (Å²) in [5, 5.41) is 16.1. The molecule has 0 radical (unpaired) electrons. The molecule has 1 aromatic carbocycles. The molecule has 2 saturated heterocycles. The monoisotopic (exact) mass is 500 g/mol. The molecule has 194 valence electrons. The van der Waals surface area contributed by atoms with Gasteiger partial charge in [0.25, 0.3) is 0 Å². The fraction of sp³-hybridized carbons (Fsp3) is 0.552. The fourth-order valence-corrected chi connectivity index (χ4v) is 6.58. The second kappa shape index (κ2) is 9.40. The number of piperazine rings is 1. The second-order valence-electron chi connectivity index (χ2n) is 11.3. The Morgan fingerprint density at radius 2 is 1.49 bits per heavy atom. The molecule has 0 spiro atoms. The van der Waals surface area contributed by atoms with Gasteiger partial charge in [0.05, 0.1) is 22.5 Å². The molecular formula is C29H36N6O2. The van der Waals surface area contributed by atoms with E-state index in [1.807, 2.05) is 35.0 Å². The number of pyridine rings is 1. The van der Waals surface area contributed by atoms with E-state index < -0.39 is 5.97 Å². The highest BCUT2D eigenvalue weighted by molar-refractivity contribution is 5.98. The molecule has 2 aliphatic heterocycles. The minimum Gasteiger partial charge on any atom is -0.477 e. The number of benzene rings is 1. The van der Waals surface area contributed by atoms with Crippen molar-refractivity contribution in [3.8, 4) is 5.69 Å². The number of para-hydroxylation sites is 1. The Morgan fingerprint density at radius 3 is 2.05 bits per heavy atom. The van der Waals surface area contributed by atoms with Crippen molar-refractivity contribution in [1.29, 1.82) is 0 Å². The first-order valence-electron chi connectivity index (χ1n) is 14.1. The Morgan fingerprint density at radius 1 is 0.838 bits per heavy atom. The van der Waals surface area contributed by atoms with Crippen LogP contribution in [0.1, 0.15) is 67.0 Å². The number of aromatic nitrogens is 3. The molecule has 0 bridgehead atoms. The number of anilines is 1. The second-order valence-corrected chi connectivity index (χ2v) is 11.3. The third kappa shape index (κ3) is 4.30. The molecule has 2 aliphatic carbocycles. The van der Waals surface area contributed by atoms with Crippen LogP contribution in [-0.2, 0) is 0 Å². The van der Waals surface area contributed by atoms with Crippen LogP contribution >= 0.6 is 0 Å². The highest BCUT2D eigenvalue weighted by Gasteiger charge is 2.35. The standard InChI is InChI=1S/C29H36N6O2/c36-29(37)24-19-25(34-13-11-22(12-14-34)33-17-15-32(16-18-33)21-9-10-21)26-27(20-5-4-6-20)31-35(28(26)30-24)23-7-2-1-3-8-23/h1-3,7-8,19-22H,4-6,9-18H2,(H,36,37). The van der Waals surface area contributed by atoms with E-state index in [9.17, 15) is 9.90 Å². The van der Waals surface area contributed by atoms with E-state index in [4.69, 9.17) is 5.10 Å². The summed E-state index contributed by atoms with van der Waals surface area (Å²) in [5.74, 6) is -0.568. The number of piperidine rings is 1. The molecular weight excluding hydrogens is 464 g/mol. The minimum absolute atomic E-state index is 0.0954. The highest BCUT2D eigenvalue weighted by atomic mass is 16.4. The molecule has 3 aromatic rings. The van der Waals surface area contributed by atoms with Crippen molar-refractivity contribution in [1.82, 2.24) is 24.6 Å². The van der Waals surface area contributed by atoms with E-state index in [0.717, 1.165) is 67.3 Å². The van der Waals surface area contributed by atoms with Crippen LogP contribution in [0.15, 0.2) is 36.4 Å². The van der Waals surface area contributed by atoms with Crippen LogP contribution in [0.3, 0.4) is 0 Å². The minimum atomic E-state index is -0.988. The van der Waals surface area contributed by atoms with Gasteiger partial charge in [-0.2, -0.15) is 5.10 Å². The summed E-state index contributed by atoms with van der Waals surface area (Å²) in [5.41, 5.74) is 3.77. The molecule has 8 nitrogen and oxygen atoms in total. The van der Waals surface area contributed by atoms with Crippen LogP contribution in [0.5, 0.6) is 0 Å². The molecule has 7 rings (SSSR count). The predicted octanol–water partition coefficient (Wildman–Crippen LogP) is 4.14. The van der Waals surface area contributed by atoms with Gasteiger partial charge in [-0.15, -0.1) is 0 Å². The fourth-order valence-electron chi connectivity index (χ4n) is 6.58. The summed E-state index contributed by atoms with van der Waals surface area (Å²) < 4.78 is 1.87. The molecule has 4 fully saturated rings. The van der Waals surface area contributed by atoms with Crippen molar-refractivity contribution < 1.29 is 9.90 Å². The van der Waals surface area contributed by atoms with E-state index in [-0.39, 0.29) is 5.69 Å². The number of rotatable bonds is 6. The van der Waals surface area contributed by atoms with E-state index in [1.165, 1.54) is 45.4 Å². The van der Waals surface area contributed by atoms with E-state index in [2.05, 4.69) is 19.7 Å². The molecule has 0 unspecified atom stereocenters. The molecule has 0 amide bonds. The molecule has 4 aliphatic rings. The maximum Gasteiger partial charge on any atom is 0.354 e. The van der Waals surface area contributed by atoms with Crippen LogP contribution in [0.4, 0.5) is 5.69 Å². The molecule has 8 heteroatoms. The third-order valence-electron chi connectivity index (χ3n) is 9.09. The molecule has 37 heavy (non-hydrogen) atoms. The molecule has 2 saturated carbocycles. The Hall–Kier alpha value is -2.97. The van der Waals surface area contributed by atoms with E-state index in [1.54, 1.807) is 6.07 Å². The number of carboxylic acid groups (broad SMARTS) is 1. The van der Waals surface area contributed by atoms with Gasteiger partial charge in [0.2, 0.25) is 0 Å². The van der Waals surface area contributed by atoms with Gasteiger partial charge in [0.15, 0.2) is 11.3 Å². The summed E-state index contributed by atoms with van der Waals surface area (Å²) in [4.78, 5) is 24.6. The number of carboxylic acids is 1. The quantitative estimate of drug-likeness (QED) is 0.545. The summed E-state index contributed by atoms with van der Waals surface area (Å²) in [6, 6.07) is 13.3. The Kier molecular flexibility index (Phi) is 5.89. The van der Waals surface area contributed by atoms with Gasteiger partial charge >= 0.3 is 5.97 Å². The topological polar surface area (TPSA) is 77.7 Å². The van der Waals surface area contributed by atoms with Crippen molar-refractivity contribution in [2.45, 2.75) is 62.9 Å². The average molecular weight is 501 g/mol. The van der Waals surface area contributed by atoms with Crippen LogP contribution in [0.25, 0.3) is 16.7 Å². The van der Waals surface area contributed by atoms with Crippen LogP contribution < -0.4 is 4.90 Å². The van der Waals surface area contributed by atoms with E-state index >= 15 is 0 Å². The highest BCUT2D eigenvalue weighted by Crippen LogP contribution is 2.43. The van der Waals surface area contributed by atoms with Crippen molar-refractivity contribution >= 4 is 22.7 Å². The first-order chi connectivity index (χ1) is 18.2. The first-order valence-corrected chi connectivity index (χ1v) is 14.1. The van der Waals surface area contributed by atoms with Crippen molar-refractivity contribution in [2.24, 2.45) is 0 Å². The third-order valence-corrected chi connectivity index (χ3v) is 9.09.